The third kappa shape index (κ3) is 5.74. The average molecular weight is 500 g/mol. The van der Waals surface area contributed by atoms with Gasteiger partial charge in [0, 0.05) is 11.1 Å². The Morgan fingerprint density at radius 2 is 1.08 bits per heavy atom. The monoisotopic (exact) mass is 499 g/mol. The van der Waals surface area contributed by atoms with E-state index >= 15 is 0 Å². The molecule has 0 aliphatic rings. The normalized spacial score (nSPS) is 12.0. The Hall–Kier alpha value is -3.93. The summed E-state index contributed by atoms with van der Waals surface area (Å²) in [5.41, 5.74) is 6.23. The molecule has 192 valence electrons. The number of benzene rings is 3. The van der Waals surface area contributed by atoms with E-state index in [4.69, 9.17) is 9.47 Å². The lowest BCUT2D eigenvalue weighted by molar-refractivity contribution is -0.645. The number of aryl methyl sites for hydroxylation is 2. The van der Waals surface area contributed by atoms with Gasteiger partial charge in [0.1, 0.15) is 11.2 Å². The van der Waals surface area contributed by atoms with Crippen molar-refractivity contribution in [3.05, 3.63) is 78.1 Å². The van der Waals surface area contributed by atoms with Crippen LogP contribution in [-0.2, 0) is 23.6 Å². The van der Waals surface area contributed by atoms with Crippen LogP contribution in [0.3, 0.4) is 0 Å². The van der Waals surface area contributed by atoms with Crippen LogP contribution in [0.25, 0.3) is 33.3 Å². The largest absolute Gasteiger partial charge is 0.456 e. The van der Waals surface area contributed by atoms with E-state index in [2.05, 4.69) is 21.3 Å². The van der Waals surface area contributed by atoms with Crippen molar-refractivity contribution in [1.29, 1.82) is 0 Å². The first-order valence-corrected chi connectivity index (χ1v) is 12.4. The highest BCUT2D eigenvalue weighted by atomic mass is 16.6. The van der Waals surface area contributed by atoms with E-state index in [1.807, 2.05) is 110 Å². The standard InChI is InChI=1S/C31H35N2O4/c1-30(2,3)36-28(34)22-13-9-20(10-14-22)24-17-18-25(27-26(24)32(7)19-33(27)8)21-11-15-23(16-12-21)29(35)37-31(4,5)6/h9-19H,1-8H3/q+1. The molecule has 0 bridgehead atoms. The van der Waals surface area contributed by atoms with Crippen molar-refractivity contribution in [3.8, 4) is 22.3 Å². The molecule has 3 aromatic carbocycles. The molecule has 0 aliphatic carbocycles. The van der Waals surface area contributed by atoms with E-state index in [0.29, 0.717) is 11.1 Å². The number of imidazole rings is 1. The first kappa shape index (κ1) is 26.1. The minimum absolute atomic E-state index is 0.334. The van der Waals surface area contributed by atoms with Gasteiger partial charge in [-0.3, -0.25) is 0 Å². The van der Waals surface area contributed by atoms with Gasteiger partial charge in [0.2, 0.25) is 6.33 Å². The summed E-state index contributed by atoms with van der Waals surface area (Å²) in [7, 11) is 4.05. The zero-order chi connectivity index (χ0) is 27.1. The van der Waals surface area contributed by atoms with Gasteiger partial charge in [-0.25, -0.2) is 18.7 Å². The predicted octanol–water partition coefficient (Wildman–Crippen LogP) is 6.25. The molecule has 0 fully saturated rings. The summed E-state index contributed by atoms with van der Waals surface area (Å²) in [4.78, 5) is 24.9. The summed E-state index contributed by atoms with van der Waals surface area (Å²) in [5.74, 6) is -0.667. The highest BCUT2D eigenvalue weighted by molar-refractivity contribution is 6.00. The second-order valence-corrected chi connectivity index (χ2v) is 11.4. The van der Waals surface area contributed by atoms with E-state index in [-0.39, 0.29) is 11.9 Å². The van der Waals surface area contributed by atoms with E-state index in [1.165, 1.54) is 0 Å². The molecule has 0 aliphatic heterocycles. The van der Waals surface area contributed by atoms with Gasteiger partial charge in [0.15, 0.2) is 11.0 Å². The van der Waals surface area contributed by atoms with Crippen LogP contribution < -0.4 is 4.57 Å². The molecule has 0 amide bonds. The number of ether oxygens (including phenoxy) is 2. The lowest BCUT2D eigenvalue weighted by Crippen LogP contribution is -2.26. The van der Waals surface area contributed by atoms with E-state index in [1.54, 1.807) is 0 Å². The number of aromatic nitrogens is 2. The molecule has 0 unspecified atom stereocenters. The molecule has 0 spiro atoms. The quantitative estimate of drug-likeness (QED) is 0.246. The molecule has 6 heteroatoms. The van der Waals surface area contributed by atoms with Gasteiger partial charge in [-0.1, -0.05) is 24.3 Å². The van der Waals surface area contributed by atoms with Crippen molar-refractivity contribution in [2.24, 2.45) is 14.1 Å². The minimum Gasteiger partial charge on any atom is -0.456 e. The van der Waals surface area contributed by atoms with Crippen LogP contribution in [0, 0.1) is 0 Å². The maximum absolute atomic E-state index is 12.5. The zero-order valence-corrected chi connectivity index (χ0v) is 22.9. The van der Waals surface area contributed by atoms with Crippen LogP contribution >= 0.6 is 0 Å². The average Bonchev–Trinajstić information content (AvgIpc) is 3.11. The second-order valence-electron chi connectivity index (χ2n) is 11.4. The predicted molar refractivity (Wildman–Crippen MR) is 145 cm³/mol. The van der Waals surface area contributed by atoms with Gasteiger partial charge in [-0.15, -0.1) is 0 Å². The van der Waals surface area contributed by atoms with Crippen LogP contribution in [0.2, 0.25) is 0 Å². The highest BCUT2D eigenvalue weighted by Gasteiger charge is 2.23. The maximum Gasteiger partial charge on any atom is 0.338 e. The van der Waals surface area contributed by atoms with E-state index in [9.17, 15) is 9.59 Å². The maximum atomic E-state index is 12.5. The summed E-state index contributed by atoms with van der Waals surface area (Å²) < 4.78 is 15.2. The van der Waals surface area contributed by atoms with Gasteiger partial charge in [-0.2, -0.15) is 0 Å². The van der Waals surface area contributed by atoms with Crippen molar-refractivity contribution in [2.75, 3.05) is 0 Å². The van der Waals surface area contributed by atoms with Crippen molar-refractivity contribution < 1.29 is 23.6 Å². The fourth-order valence-corrected chi connectivity index (χ4v) is 4.38. The van der Waals surface area contributed by atoms with Crippen LogP contribution in [0.5, 0.6) is 0 Å². The molecular weight excluding hydrogens is 464 g/mol. The SMILES string of the molecule is Cn1c[n+](C)c2c(-c3ccc(C(=O)OC(C)(C)C)cc3)ccc(-c3ccc(C(=O)OC(C)(C)C)cc3)c21. The summed E-state index contributed by atoms with van der Waals surface area (Å²) >= 11 is 0. The number of esters is 2. The summed E-state index contributed by atoms with van der Waals surface area (Å²) in [6, 6.07) is 19.2. The Labute approximate surface area is 218 Å². The number of carbonyl (C=O) groups excluding carboxylic acids is 2. The highest BCUT2D eigenvalue weighted by Crippen LogP contribution is 2.34. The number of carbonyl (C=O) groups is 2. The van der Waals surface area contributed by atoms with Crippen molar-refractivity contribution >= 4 is 23.0 Å². The summed E-state index contributed by atoms with van der Waals surface area (Å²) in [6.07, 6.45) is 2.04. The van der Waals surface area contributed by atoms with E-state index in [0.717, 1.165) is 33.3 Å². The fraction of sp³-hybridized carbons (Fsp3) is 0.323. The molecule has 0 atom stereocenters. The van der Waals surface area contributed by atoms with Gasteiger partial charge in [-0.05, 0) is 89.1 Å². The molecule has 0 saturated carbocycles. The van der Waals surface area contributed by atoms with Gasteiger partial charge in [0.05, 0.1) is 25.2 Å². The molecule has 4 rings (SSSR count). The smallest absolute Gasteiger partial charge is 0.338 e. The Balaban J connectivity index is 1.71. The summed E-state index contributed by atoms with van der Waals surface area (Å²) in [6.45, 7) is 11.2. The number of fused-ring (bicyclic) bond motifs is 1. The fourth-order valence-electron chi connectivity index (χ4n) is 4.38. The molecule has 4 aromatic rings. The number of nitrogens with zero attached hydrogens (tertiary/aromatic N) is 2. The summed E-state index contributed by atoms with van der Waals surface area (Å²) in [5, 5.41) is 0. The van der Waals surface area contributed by atoms with Crippen LogP contribution in [0.1, 0.15) is 62.3 Å². The van der Waals surface area contributed by atoms with Gasteiger partial charge >= 0.3 is 11.9 Å². The molecule has 1 aromatic heterocycles. The second kappa shape index (κ2) is 9.51. The Kier molecular flexibility index (Phi) is 6.72. The minimum atomic E-state index is -0.541. The van der Waals surface area contributed by atoms with Crippen LogP contribution in [-0.4, -0.2) is 27.7 Å². The molecular formula is C31H35N2O4+. The van der Waals surface area contributed by atoms with Crippen molar-refractivity contribution in [3.63, 3.8) is 0 Å². The Bertz CT molecular complexity index is 1350. The van der Waals surface area contributed by atoms with Gasteiger partial charge < -0.3 is 9.47 Å². The van der Waals surface area contributed by atoms with Crippen LogP contribution in [0.15, 0.2) is 67.0 Å². The number of hydrogen-bond acceptors (Lipinski definition) is 4. The van der Waals surface area contributed by atoms with Gasteiger partial charge in [0.25, 0.3) is 0 Å². The molecule has 0 N–H and O–H groups in total. The van der Waals surface area contributed by atoms with Crippen molar-refractivity contribution in [2.45, 2.75) is 52.7 Å². The third-order valence-electron chi connectivity index (χ3n) is 5.86. The first-order chi connectivity index (χ1) is 17.2. The number of rotatable bonds is 4. The lowest BCUT2D eigenvalue weighted by Gasteiger charge is -2.19. The topological polar surface area (TPSA) is 61.4 Å². The molecule has 1 heterocycles. The Morgan fingerprint density at radius 3 is 1.51 bits per heavy atom. The van der Waals surface area contributed by atoms with Crippen LogP contribution in [0.4, 0.5) is 0 Å². The zero-order valence-electron chi connectivity index (χ0n) is 22.9. The molecule has 37 heavy (non-hydrogen) atoms. The first-order valence-electron chi connectivity index (χ1n) is 12.4. The Morgan fingerprint density at radius 1 is 0.676 bits per heavy atom. The molecule has 6 nitrogen and oxygen atoms in total. The van der Waals surface area contributed by atoms with Crippen molar-refractivity contribution in [1.82, 2.24) is 4.57 Å². The lowest BCUT2D eigenvalue weighted by atomic mass is 9.96. The number of hydrogen-bond donors (Lipinski definition) is 0. The van der Waals surface area contributed by atoms with E-state index < -0.39 is 11.2 Å². The molecule has 0 saturated heterocycles. The molecule has 0 radical (unpaired) electrons. The third-order valence-corrected chi connectivity index (χ3v) is 5.86.